The number of halogens is 3. The number of benzene rings is 1. The number of aryl methyl sites for hydroxylation is 1. The highest BCUT2D eigenvalue weighted by molar-refractivity contribution is 5.89. The van der Waals surface area contributed by atoms with E-state index in [1.54, 1.807) is 31.3 Å². The van der Waals surface area contributed by atoms with Crippen LogP contribution in [0.15, 0.2) is 47.3 Å². The van der Waals surface area contributed by atoms with Crippen LogP contribution in [0, 0.1) is 11.3 Å². The highest BCUT2D eigenvalue weighted by atomic mass is 19.4. The first-order valence-corrected chi connectivity index (χ1v) is 11.4. The van der Waals surface area contributed by atoms with E-state index in [1.165, 1.54) is 22.8 Å². The number of rotatable bonds is 5. The molecule has 8 nitrogen and oxygen atoms in total. The molecule has 0 amide bonds. The number of pyridine rings is 2. The fourth-order valence-corrected chi connectivity index (χ4v) is 4.77. The molecule has 1 fully saturated rings. The van der Waals surface area contributed by atoms with Crippen molar-refractivity contribution < 1.29 is 23.0 Å². The molecule has 190 valence electrons. The normalized spacial score (nSPS) is 19.8. The number of nitriles is 1. The Hall–Kier alpha value is -3.62. The van der Waals surface area contributed by atoms with Crippen molar-refractivity contribution in [2.75, 3.05) is 24.6 Å². The zero-order valence-electron chi connectivity index (χ0n) is 20.0. The maximum absolute atomic E-state index is 12.7. The van der Waals surface area contributed by atoms with Crippen LogP contribution in [0.1, 0.15) is 31.1 Å². The number of aliphatic hydroxyl groups is 1. The molecule has 0 radical (unpaired) electrons. The van der Waals surface area contributed by atoms with E-state index in [-0.39, 0.29) is 41.7 Å². The number of aromatic nitrogens is 2. The first-order valence-electron chi connectivity index (χ1n) is 11.4. The van der Waals surface area contributed by atoms with Crippen molar-refractivity contribution in [1.29, 1.82) is 5.26 Å². The molecule has 1 unspecified atom stereocenters. The van der Waals surface area contributed by atoms with Crippen LogP contribution in [-0.2, 0) is 7.05 Å². The smallest absolute Gasteiger partial charge is 0.406 e. The minimum absolute atomic E-state index is 0.0917. The number of anilines is 1. The number of piperazine rings is 1. The number of nitrogens with zero attached hydrogens (tertiary/aromatic N) is 5. The van der Waals surface area contributed by atoms with Gasteiger partial charge in [0.25, 0.3) is 5.56 Å². The van der Waals surface area contributed by atoms with Crippen molar-refractivity contribution >= 4 is 16.7 Å². The van der Waals surface area contributed by atoms with Crippen LogP contribution in [0.25, 0.3) is 11.0 Å². The van der Waals surface area contributed by atoms with E-state index in [0.29, 0.717) is 29.8 Å². The van der Waals surface area contributed by atoms with Crippen molar-refractivity contribution in [1.82, 2.24) is 14.5 Å². The summed E-state index contributed by atoms with van der Waals surface area (Å²) in [5.74, 6) is -0.294. The number of ether oxygens (including phenoxy) is 1. The van der Waals surface area contributed by atoms with Crippen molar-refractivity contribution in [3.8, 4) is 11.8 Å². The molecule has 3 heterocycles. The van der Waals surface area contributed by atoms with Gasteiger partial charge in [-0.25, -0.2) is 4.98 Å². The third kappa shape index (κ3) is 5.01. The highest BCUT2D eigenvalue weighted by Gasteiger charge is 2.36. The fraction of sp³-hybridized carbons (Fsp3) is 0.400. The number of fused-ring (bicyclic) bond motifs is 1. The molecule has 1 aliphatic rings. The van der Waals surface area contributed by atoms with Gasteiger partial charge in [0, 0.05) is 38.3 Å². The summed E-state index contributed by atoms with van der Waals surface area (Å²) in [6, 6.07) is 11.9. The third-order valence-corrected chi connectivity index (χ3v) is 6.68. The summed E-state index contributed by atoms with van der Waals surface area (Å²) < 4.78 is 42.9. The second-order valence-electron chi connectivity index (χ2n) is 8.93. The van der Waals surface area contributed by atoms with Gasteiger partial charge in [-0.2, -0.15) is 5.26 Å². The average Bonchev–Trinajstić information content (AvgIpc) is 2.85. The molecule has 11 heteroatoms. The lowest BCUT2D eigenvalue weighted by molar-refractivity contribution is -0.274. The zero-order valence-corrected chi connectivity index (χ0v) is 20.0. The molecule has 0 bridgehead atoms. The largest absolute Gasteiger partial charge is 0.573 e. The number of aliphatic hydroxyl groups excluding tert-OH is 1. The predicted molar refractivity (Wildman–Crippen MR) is 128 cm³/mol. The maximum atomic E-state index is 12.7. The molecule has 36 heavy (non-hydrogen) atoms. The van der Waals surface area contributed by atoms with Crippen molar-refractivity contribution in [3.05, 3.63) is 64.1 Å². The Bertz CT molecular complexity index is 1350. The van der Waals surface area contributed by atoms with E-state index < -0.39 is 6.36 Å². The molecule has 3 aromatic rings. The Morgan fingerprint density at radius 2 is 1.92 bits per heavy atom. The van der Waals surface area contributed by atoms with Crippen LogP contribution in [0.4, 0.5) is 18.9 Å². The summed E-state index contributed by atoms with van der Waals surface area (Å²) in [6.45, 7) is 4.66. The first kappa shape index (κ1) is 25.5. The van der Waals surface area contributed by atoms with Gasteiger partial charge in [-0.15, -0.1) is 13.2 Å². The van der Waals surface area contributed by atoms with E-state index in [4.69, 9.17) is 0 Å². The molecule has 0 aliphatic carbocycles. The van der Waals surface area contributed by atoms with Crippen LogP contribution < -0.4 is 15.2 Å². The lowest BCUT2D eigenvalue weighted by Gasteiger charge is -2.48. The van der Waals surface area contributed by atoms with E-state index in [0.717, 1.165) is 5.56 Å². The molecular formula is C25H26F3N5O3. The van der Waals surface area contributed by atoms with Gasteiger partial charge in [-0.05, 0) is 43.7 Å². The van der Waals surface area contributed by atoms with E-state index >= 15 is 0 Å². The second kappa shape index (κ2) is 9.79. The molecule has 1 aliphatic heterocycles. The average molecular weight is 502 g/mol. The summed E-state index contributed by atoms with van der Waals surface area (Å²) in [4.78, 5) is 21.3. The molecule has 3 atom stereocenters. The molecule has 2 aromatic heterocycles. The van der Waals surface area contributed by atoms with Gasteiger partial charge in [0.05, 0.1) is 23.9 Å². The summed E-state index contributed by atoms with van der Waals surface area (Å²) in [5.41, 5.74) is 2.52. The van der Waals surface area contributed by atoms with Gasteiger partial charge in [0.2, 0.25) is 0 Å². The summed E-state index contributed by atoms with van der Waals surface area (Å²) in [5, 5.41) is 19.6. The van der Waals surface area contributed by atoms with E-state index in [9.17, 15) is 28.3 Å². The zero-order chi connectivity index (χ0) is 26.2. The van der Waals surface area contributed by atoms with Crippen LogP contribution in [0.3, 0.4) is 0 Å². The van der Waals surface area contributed by atoms with Crippen molar-refractivity contribution in [2.24, 2.45) is 7.05 Å². The van der Waals surface area contributed by atoms with Gasteiger partial charge in [0.1, 0.15) is 23.0 Å². The Morgan fingerprint density at radius 1 is 1.22 bits per heavy atom. The molecular weight excluding hydrogens is 475 g/mol. The third-order valence-electron chi connectivity index (χ3n) is 6.68. The molecule has 1 N–H and O–H groups in total. The lowest BCUT2D eigenvalue weighted by atomic mass is 9.99. The number of hydrogen-bond donors (Lipinski definition) is 1. The molecule has 0 spiro atoms. The monoisotopic (exact) mass is 501 g/mol. The van der Waals surface area contributed by atoms with Gasteiger partial charge in [-0.1, -0.05) is 12.1 Å². The lowest BCUT2D eigenvalue weighted by Crippen LogP contribution is -2.59. The standard InChI is InChI=1S/C25H26F3N5O3/c1-15-12-33(16(2)17-4-7-20(8-5-17)36-25(26,27)28)19(14-34)13-32(15)22-10-23(35)31(3)21-9-6-18(11-29)30-24(21)22/h4-10,15-16,19,34H,12-14H2,1-3H3/t15-,16?,19-/m0/s1. The fourth-order valence-electron chi connectivity index (χ4n) is 4.77. The van der Waals surface area contributed by atoms with Crippen LogP contribution in [-0.4, -0.2) is 57.7 Å². The van der Waals surface area contributed by atoms with Crippen LogP contribution in [0.5, 0.6) is 5.75 Å². The van der Waals surface area contributed by atoms with Crippen LogP contribution >= 0.6 is 0 Å². The minimum Gasteiger partial charge on any atom is -0.406 e. The quantitative estimate of drug-likeness (QED) is 0.573. The predicted octanol–water partition coefficient (Wildman–Crippen LogP) is 3.34. The Morgan fingerprint density at radius 3 is 2.53 bits per heavy atom. The molecule has 0 saturated carbocycles. The Labute approximate surface area is 205 Å². The van der Waals surface area contributed by atoms with E-state index in [1.807, 2.05) is 24.8 Å². The Balaban J connectivity index is 1.63. The summed E-state index contributed by atoms with van der Waals surface area (Å²) >= 11 is 0. The SMILES string of the molecule is CC(c1ccc(OC(F)(F)F)cc1)N1C[C@H](C)N(c2cc(=O)n(C)c3ccc(C#N)nc23)C[C@H]1CO. The van der Waals surface area contributed by atoms with Gasteiger partial charge in [-0.3, -0.25) is 9.69 Å². The highest BCUT2D eigenvalue weighted by Crippen LogP contribution is 2.33. The molecule has 4 rings (SSSR count). The van der Waals surface area contributed by atoms with Crippen molar-refractivity contribution in [2.45, 2.75) is 38.3 Å². The second-order valence-corrected chi connectivity index (χ2v) is 8.93. The molecule has 1 saturated heterocycles. The minimum atomic E-state index is -4.76. The van der Waals surface area contributed by atoms with Gasteiger partial charge in [0.15, 0.2) is 0 Å². The summed E-state index contributed by atoms with van der Waals surface area (Å²) in [7, 11) is 1.65. The number of alkyl halides is 3. The van der Waals surface area contributed by atoms with E-state index in [2.05, 4.69) is 14.6 Å². The van der Waals surface area contributed by atoms with Gasteiger partial charge < -0.3 is 19.3 Å². The van der Waals surface area contributed by atoms with Crippen molar-refractivity contribution in [3.63, 3.8) is 0 Å². The number of hydrogen-bond acceptors (Lipinski definition) is 7. The van der Waals surface area contributed by atoms with Gasteiger partial charge >= 0.3 is 6.36 Å². The Kier molecular flexibility index (Phi) is 6.93. The molecule has 1 aromatic carbocycles. The topological polar surface area (TPSA) is 94.6 Å². The maximum Gasteiger partial charge on any atom is 0.573 e. The summed E-state index contributed by atoms with van der Waals surface area (Å²) in [6.07, 6.45) is -4.76. The van der Waals surface area contributed by atoms with Crippen LogP contribution in [0.2, 0.25) is 0 Å². The first-order chi connectivity index (χ1) is 17.0.